The van der Waals surface area contributed by atoms with Gasteiger partial charge in [-0.05, 0) is 38.5 Å². The fraction of sp³-hybridized carbons (Fsp3) is 0.882. The molecule has 0 aromatic carbocycles. The highest BCUT2D eigenvalue weighted by atomic mass is 31.2. The summed E-state index contributed by atoms with van der Waals surface area (Å²) in [6, 6.07) is 0. The minimum absolute atomic E-state index is 0.0307. The Bertz CT molecular complexity index is 784. The van der Waals surface area contributed by atoms with Crippen LogP contribution >= 0.6 is 7.82 Å². The molecule has 0 fully saturated rings. The van der Waals surface area contributed by atoms with E-state index in [1.165, 1.54) is 51.4 Å². The average molecular weight is 648 g/mol. The molecule has 0 saturated carbocycles. The molecule has 0 spiro atoms. The Morgan fingerprint density at radius 1 is 0.682 bits per heavy atom. The molecule has 0 aliphatic heterocycles. The van der Waals surface area contributed by atoms with Gasteiger partial charge < -0.3 is 27.9 Å². The van der Waals surface area contributed by atoms with Crippen LogP contribution in [0.15, 0.2) is 12.2 Å². The molecule has 0 aliphatic rings. The van der Waals surface area contributed by atoms with Gasteiger partial charge in [0.1, 0.15) is 19.8 Å². The lowest BCUT2D eigenvalue weighted by atomic mass is 10.1. The summed E-state index contributed by atoms with van der Waals surface area (Å²) in [6.45, 7) is 4.06. The highest BCUT2D eigenvalue weighted by Crippen LogP contribution is 2.38. The van der Waals surface area contributed by atoms with Crippen LogP contribution in [0.5, 0.6) is 0 Å². The van der Waals surface area contributed by atoms with Gasteiger partial charge in [0.15, 0.2) is 6.10 Å². The number of quaternary nitrogens is 1. The third-order valence-electron chi connectivity index (χ3n) is 7.29. The largest absolute Gasteiger partial charge is 0.756 e. The Morgan fingerprint density at radius 2 is 1.16 bits per heavy atom. The smallest absolute Gasteiger partial charge is 0.306 e. The van der Waals surface area contributed by atoms with Crippen molar-refractivity contribution in [3.8, 4) is 0 Å². The van der Waals surface area contributed by atoms with E-state index in [1.807, 2.05) is 21.1 Å². The van der Waals surface area contributed by atoms with Gasteiger partial charge in [0.05, 0.1) is 27.7 Å². The maximum Gasteiger partial charge on any atom is 0.306 e. The number of nitrogens with zero attached hydrogens (tertiary/aromatic N) is 1. The summed E-state index contributed by atoms with van der Waals surface area (Å²) in [5, 5.41) is 0. The zero-order valence-corrected chi connectivity index (χ0v) is 29.8. The monoisotopic (exact) mass is 647 g/mol. The van der Waals surface area contributed by atoms with Crippen LogP contribution in [0.1, 0.15) is 142 Å². The Kier molecular flexibility index (Phi) is 27.2. The standard InChI is InChI=1S/C34H66NO8P/c1-6-8-10-12-13-14-15-16-17-18-19-20-21-22-23-25-27-34(37)43-32(30-40-33(36)26-24-11-9-7-2)31-42-44(38,39)41-29-28-35(3,4)5/h17-18,32H,6-16,19-31H2,1-5H3/b18-17-. The van der Waals surface area contributed by atoms with Gasteiger partial charge >= 0.3 is 11.9 Å². The van der Waals surface area contributed by atoms with E-state index in [1.54, 1.807) is 0 Å². The molecule has 0 rings (SSSR count). The number of phosphoric ester groups is 1. The number of rotatable bonds is 31. The molecule has 0 aromatic rings. The summed E-state index contributed by atoms with van der Waals surface area (Å²) in [6.07, 6.45) is 24.4. The number of allylic oxidation sites excluding steroid dienone is 2. The number of likely N-dealkylation sites (N-methyl/N-ethyl adjacent to an activating group) is 1. The van der Waals surface area contributed by atoms with Gasteiger partial charge in [-0.3, -0.25) is 14.2 Å². The number of unbranched alkanes of at least 4 members (excludes halogenated alkanes) is 15. The number of esters is 2. The van der Waals surface area contributed by atoms with Crippen LogP contribution in [0.3, 0.4) is 0 Å². The molecule has 9 nitrogen and oxygen atoms in total. The maximum absolute atomic E-state index is 12.5. The number of hydrogen-bond acceptors (Lipinski definition) is 8. The molecule has 10 heteroatoms. The first-order valence-corrected chi connectivity index (χ1v) is 18.9. The van der Waals surface area contributed by atoms with Crippen molar-refractivity contribution in [1.82, 2.24) is 0 Å². The fourth-order valence-electron chi connectivity index (χ4n) is 4.47. The Balaban J connectivity index is 4.32. The molecular weight excluding hydrogens is 581 g/mol. The molecule has 0 heterocycles. The van der Waals surface area contributed by atoms with Crippen LogP contribution in [0, 0.1) is 0 Å². The maximum atomic E-state index is 12.5. The molecule has 0 amide bonds. The number of phosphoric acid groups is 1. The Hall–Kier alpha value is -1.25. The summed E-state index contributed by atoms with van der Waals surface area (Å²) in [7, 11) is 1.16. The first kappa shape index (κ1) is 42.8. The molecule has 2 atom stereocenters. The SMILES string of the molecule is CCCCCCCCC/C=C\CCCCCCCC(=O)OC(COC(=O)CCCCCC)COP(=O)([O-])OCC[N+](C)(C)C. The Labute approximate surface area is 269 Å². The summed E-state index contributed by atoms with van der Waals surface area (Å²) in [4.78, 5) is 36.8. The number of ether oxygens (including phenoxy) is 2. The van der Waals surface area contributed by atoms with Gasteiger partial charge in [-0.1, -0.05) is 103 Å². The third kappa shape index (κ3) is 30.8. The normalized spacial score (nSPS) is 14.0. The minimum Gasteiger partial charge on any atom is -0.756 e. The first-order chi connectivity index (χ1) is 21.0. The van der Waals surface area contributed by atoms with E-state index in [4.69, 9.17) is 18.5 Å². The minimum atomic E-state index is -4.60. The van der Waals surface area contributed by atoms with Crippen LogP contribution in [0.25, 0.3) is 0 Å². The van der Waals surface area contributed by atoms with E-state index in [0.29, 0.717) is 17.4 Å². The zero-order valence-electron chi connectivity index (χ0n) is 28.9. The molecule has 44 heavy (non-hydrogen) atoms. The molecule has 260 valence electrons. The highest BCUT2D eigenvalue weighted by molar-refractivity contribution is 7.45. The number of hydrogen-bond donors (Lipinski definition) is 0. The molecule has 0 radical (unpaired) electrons. The van der Waals surface area contributed by atoms with Crippen molar-refractivity contribution in [2.75, 3.05) is 47.5 Å². The van der Waals surface area contributed by atoms with E-state index >= 15 is 0 Å². The van der Waals surface area contributed by atoms with E-state index in [0.717, 1.165) is 57.8 Å². The highest BCUT2D eigenvalue weighted by Gasteiger charge is 2.21. The van der Waals surface area contributed by atoms with Crippen LogP contribution in [-0.2, 0) is 32.7 Å². The van der Waals surface area contributed by atoms with Crippen molar-refractivity contribution in [2.45, 2.75) is 148 Å². The van der Waals surface area contributed by atoms with E-state index in [2.05, 4.69) is 26.0 Å². The van der Waals surface area contributed by atoms with Crippen molar-refractivity contribution in [3.63, 3.8) is 0 Å². The van der Waals surface area contributed by atoms with Gasteiger partial charge in [0.2, 0.25) is 0 Å². The number of carbonyl (C=O) groups is 2. The van der Waals surface area contributed by atoms with Crippen molar-refractivity contribution in [1.29, 1.82) is 0 Å². The van der Waals surface area contributed by atoms with Crippen molar-refractivity contribution in [2.24, 2.45) is 0 Å². The predicted octanol–water partition coefficient (Wildman–Crippen LogP) is 8.05. The van der Waals surface area contributed by atoms with Crippen molar-refractivity contribution in [3.05, 3.63) is 12.2 Å². The summed E-state index contributed by atoms with van der Waals surface area (Å²) in [5.74, 6) is -0.864. The van der Waals surface area contributed by atoms with E-state index < -0.39 is 32.5 Å². The molecule has 2 unspecified atom stereocenters. The Morgan fingerprint density at radius 3 is 1.70 bits per heavy atom. The summed E-state index contributed by atoms with van der Waals surface area (Å²) < 4.78 is 33.4. The molecule has 0 aliphatic carbocycles. The quantitative estimate of drug-likeness (QED) is 0.0244. The van der Waals surface area contributed by atoms with Gasteiger partial charge in [0, 0.05) is 12.8 Å². The van der Waals surface area contributed by atoms with Gasteiger partial charge in [-0.2, -0.15) is 0 Å². The lowest BCUT2D eigenvalue weighted by molar-refractivity contribution is -0.870. The van der Waals surface area contributed by atoms with Gasteiger partial charge in [-0.25, -0.2) is 0 Å². The second kappa shape index (κ2) is 28.0. The number of carbonyl (C=O) groups excluding carboxylic acids is 2. The van der Waals surface area contributed by atoms with E-state index in [9.17, 15) is 19.0 Å². The van der Waals surface area contributed by atoms with Crippen molar-refractivity contribution < 1.29 is 42.1 Å². The summed E-state index contributed by atoms with van der Waals surface area (Å²) in [5.41, 5.74) is 0. The van der Waals surface area contributed by atoms with Crippen LogP contribution in [0.2, 0.25) is 0 Å². The molecular formula is C34H66NO8P. The second-order valence-corrected chi connectivity index (χ2v) is 14.3. The third-order valence-corrected chi connectivity index (χ3v) is 8.25. The average Bonchev–Trinajstić information content (AvgIpc) is 2.95. The fourth-order valence-corrected chi connectivity index (χ4v) is 5.20. The van der Waals surface area contributed by atoms with Crippen LogP contribution in [0.4, 0.5) is 0 Å². The lowest BCUT2D eigenvalue weighted by Crippen LogP contribution is -2.37. The predicted molar refractivity (Wildman–Crippen MR) is 176 cm³/mol. The van der Waals surface area contributed by atoms with Crippen molar-refractivity contribution >= 4 is 19.8 Å². The zero-order chi connectivity index (χ0) is 32.9. The molecule has 0 bridgehead atoms. The topological polar surface area (TPSA) is 111 Å². The van der Waals surface area contributed by atoms with Gasteiger partial charge in [0.25, 0.3) is 7.82 Å². The summed E-state index contributed by atoms with van der Waals surface area (Å²) >= 11 is 0. The van der Waals surface area contributed by atoms with E-state index in [-0.39, 0.29) is 26.1 Å². The van der Waals surface area contributed by atoms with Crippen LogP contribution < -0.4 is 4.89 Å². The van der Waals surface area contributed by atoms with Gasteiger partial charge in [-0.15, -0.1) is 0 Å². The molecule has 0 N–H and O–H groups in total. The molecule has 0 saturated heterocycles. The molecule has 0 aromatic heterocycles. The first-order valence-electron chi connectivity index (χ1n) is 17.4. The lowest BCUT2D eigenvalue weighted by Gasteiger charge is -2.28. The van der Waals surface area contributed by atoms with Crippen LogP contribution in [-0.4, -0.2) is 70.0 Å². The second-order valence-electron chi connectivity index (χ2n) is 12.9.